The number of aromatic nitrogens is 2. The lowest BCUT2D eigenvalue weighted by atomic mass is 9.91. The van der Waals surface area contributed by atoms with Crippen LogP contribution in [-0.2, 0) is 5.41 Å². The Morgan fingerprint density at radius 3 is 2.68 bits per heavy atom. The number of amides is 2. The van der Waals surface area contributed by atoms with Crippen LogP contribution >= 0.6 is 0 Å². The topological polar surface area (TPSA) is 98.4 Å². The van der Waals surface area contributed by atoms with E-state index in [2.05, 4.69) is 30.7 Å². The van der Waals surface area contributed by atoms with Crippen LogP contribution in [0.5, 0.6) is 5.75 Å². The highest BCUT2D eigenvalue weighted by molar-refractivity contribution is 5.94. The molecule has 0 aromatic carbocycles. The van der Waals surface area contributed by atoms with Crippen molar-refractivity contribution < 1.29 is 14.3 Å². The summed E-state index contributed by atoms with van der Waals surface area (Å²) in [5.74, 6) is -0.356. The largest absolute Gasteiger partial charge is 0.489 e. The lowest BCUT2D eigenvalue weighted by molar-refractivity contribution is 0.0688. The van der Waals surface area contributed by atoms with Gasteiger partial charge in [-0.15, -0.1) is 0 Å². The zero-order valence-electron chi connectivity index (χ0n) is 16.5. The van der Waals surface area contributed by atoms with E-state index < -0.39 is 5.91 Å². The molecule has 0 aliphatic carbocycles. The van der Waals surface area contributed by atoms with Gasteiger partial charge in [0.25, 0.3) is 11.8 Å². The molecule has 1 aliphatic rings. The quantitative estimate of drug-likeness (QED) is 0.857. The number of nitrogens with two attached hydrogens (primary N) is 1. The summed E-state index contributed by atoms with van der Waals surface area (Å²) in [6.07, 6.45) is 4.88. The number of rotatable bonds is 5. The fourth-order valence-electron chi connectivity index (χ4n) is 3.28. The Bertz CT molecular complexity index is 859. The highest BCUT2D eigenvalue weighted by Gasteiger charge is 2.30. The second-order valence-electron chi connectivity index (χ2n) is 8.00. The van der Waals surface area contributed by atoms with Gasteiger partial charge in [-0.1, -0.05) is 20.8 Å². The minimum absolute atomic E-state index is 0.0552. The average Bonchev–Trinajstić information content (AvgIpc) is 3.14. The molecule has 2 N–H and O–H groups in total. The molecule has 2 amide bonds. The van der Waals surface area contributed by atoms with Gasteiger partial charge in [0.15, 0.2) is 11.4 Å². The summed E-state index contributed by atoms with van der Waals surface area (Å²) >= 11 is 0. The second kappa shape index (κ2) is 7.96. The van der Waals surface area contributed by atoms with Gasteiger partial charge in [0.05, 0.1) is 11.6 Å². The first-order valence-corrected chi connectivity index (χ1v) is 9.42. The predicted octanol–water partition coefficient (Wildman–Crippen LogP) is 2.56. The second-order valence-corrected chi connectivity index (χ2v) is 8.00. The average molecular weight is 382 g/mol. The van der Waals surface area contributed by atoms with Crippen molar-refractivity contribution >= 4 is 11.8 Å². The maximum absolute atomic E-state index is 12.9. The monoisotopic (exact) mass is 382 g/mol. The smallest absolute Gasteiger partial charge is 0.271 e. The van der Waals surface area contributed by atoms with Gasteiger partial charge in [0.2, 0.25) is 0 Å². The molecule has 0 bridgehead atoms. The minimum atomic E-state index is -0.639. The van der Waals surface area contributed by atoms with Crippen LogP contribution in [0.15, 0.2) is 36.7 Å². The van der Waals surface area contributed by atoms with E-state index in [1.807, 2.05) is 17.0 Å². The summed E-state index contributed by atoms with van der Waals surface area (Å²) in [7, 11) is 0. The fraction of sp³-hybridized carbons (Fsp3) is 0.429. The number of pyridine rings is 2. The van der Waals surface area contributed by atoms with Crippen molar-refractivity contribution in [2.45, 2.75) is 45.1 Å². The van der Waals surface area contributed by atoms with Crippen LogP contribution in [0.3, 0.4) is 0 Å². The van der Waals surface area contributed by atoms with E-state index in [9.17, 15) is 9.59 Å². The Morgan fingerprint density at radius 1 is 1.25 bits per heavy atom. The molecule has 0 spiro atoms. The van der Waals surface area contributed by atoms with E-state index >= 15 is 0 Å². The molecule has 7 nitrogen and oxygen atoms in total. The summed E-state index contributed by atoms with van der Waals surface area (Å²) < 4.78 is 5.79. The van der Waals surface area contributed by atoms with E-state index in [1.165, 1.54) is 6.20 Å². The van der Waals surface area contributed by atoms with E-state index in [0.717, 1.165) is 18.5 Å². The van der Waals surface area contributed by atoms with Crippen molar-refractivity contribution in [2.24, 2.45) is 5.73 Å². The molecule has 3 heterocycles. The van der Waals surface area contributed by atoms with Gasteiger partial charge >= 0.3 is 0 Å². The van der Waals surface area contributed by atoms with Crippen LogP contribution in [0.25, 0.3) is 0 Å². The van der Waals surface area contributed by atoms with Gasteiger partial charge in [-0.05, 0) is 37.1 Å². The molecule has 1 saturated heterocycles. The third-order valence-electron chi connectivity index (χ3n) is 4.85. The molecule has 1 fully saturated rings. The van der Waals surface area contributed by atoms with Crippen LogP contribution in [0.2, 0.25) is 0 Å². The Hall–Kier alpha value is -2.96. The molecule has 148 valence electrons. The summed E-state index contributed by atoms with van der Waals surface area (Å²) in [6.45, 7) is 7.21. The zero-order chi connectivity index (χ0) is 20.3. The summed E-state index contributed by atoms with van der Waals surface area (Å²) in [6, 6.07) is 7.00. The maximum Gasteiger partial charge on any atom is 0.271 e. The summed E-state index contributed by atoms with van der Waals surface area (Å²) in [4.78, 5) is 34.7. The molecule has 1 aliphatic heterocycles. The number of carbonyl (C=O) groups is 2. The lowest BCUT2D eigenvalue weighted by Gasteiger charge is -2.25. The number of hydrogen-bond donors (Lipinski definition) is 1. The van der Waals surface area contributed by atoms with Crippen LogP contribution in [0.4, 0.5) is 0 Å². The molecule has 2 aromatic heterocycles. The number of primary amides is 1. The zero-order valence-corrected chi connectivity index (χ0v) is 16.5. The first kappa shape index (κ1) is 19.8. The highest BCUT2D eigenvalue weighted by Crippen LogP contribution is 2.24. The first-order chi connectivity index (χ1) is 13.3. The molecule has 3 rings (SSSR count). The van der Waals surface area contributed by atoms with Crippen LogP contribution < -0.4 is 10.5 Å². The molecule has 28 heavy (non-hydrogen) atoms. The van der Waals surface area contributed by atoms with E-state index in [0.29, 0.717) is 17.9 Å². The maximum atomic E-state index is 12.9. The van der Waals surface area contributed by atoms with E-state index in [1.54, 1.807) is 18.3 Å². The molecule has 1 unspecified atom stereocenters. The normalized spacial score (nSPS) is 16.8. The number of nitrogens with zero attached hydrogens (tertiary/aromatic N) is 3. The van der Waals surface area contributed by atoms with Gasteiger partial charge in [-0.2, -0.15) is 0 Å². The van der Waals surface area contributed by atoms with Crippen LogP contribution in [0.1, 0.15) is 60.2 Å². The molecule has 1 atom stereocenters. The molecule has 0 saturated carbocycles. The molecule has 7 heteroatoms. The number of hydrogen-bond acceptors (Lipinski definition) is 5. The third-order valence-corrected chi connectivity index (χ3v) is 4.85. The Balaban J connectivity index is 1.69. The van der Waals surface area contributed by atoms with E-state index in [-0.39, 0.29) is 29.7 Å². The Morgan fingerprint density at radius 2 is 2.04 bits per heavy atom. The van der Waals surface area contributed by atoms with Crippen molar-refractivity contribution in [1.82, 2.24) is 14.9 Å². The van der Waals surface area contributed by atoms with Crippen molar-refractivity contribution in [2.75, 3.05) is 13.2 Å². The minimum Gasteiger partial charge on any atom is -0.489 e. The molecule has 0 radical (unpaired) electrons. The van der Waals surface area contributed by atoms with Gasteiger partial charge < -0.3 is 15.4 Å². The van der Waals surface area contributed by atoms with Crippen LogP contribution in [-0.4, -0.2) is 45.9 Å². The molecular weight excluding hydrogens is 356 g/mol. The SMILES string of the molecule is CC(C)(C)c1ccc(C(=O)N2CCCC2COc2cccnc2C(N)=O)cn1. The van der Waals surface area contributed by atoms with Crippen LogP contribution in [0, 0.1) is 0 Å². The van der Waals surface area contributed by atoms with Crippen molar-refractivity contribution in [1.29, 1.82) is 0 Å². The number of likely N-dealkylation sites (tertiary alicyclic amines) is 1. The standard InChI is InChI=1S/C21H26N4O3/c1-21(2,3)17-9-8-14(12-24-17)20(27)25-11-5-6-15(25)13-28-16-7-4-10-23-18(16)19(22)26/h4,7-10,12,15H,5-6,11,13H2,1-3H3,(H2,22,26). The van der Waals surface area contributed by atoms with E-state index in [4.69, 9.17) is 10.5 Å². The predicted molar refractivity (Wildman–Crippen MR) is 105 cm³/mol. The summed E-state index contributed by atoms with van der Waals surface area (Å²) in [5.41, 5.74) is 6.89. The van der Waals surface area contributed by atoms with Gasteiger partial charge in [-0.25, -0.2) is 4.98 Å². The number of carbonyl (C=O) groups excluding carboxylic acids is 2. The van der Waals surface area contributed by atoms with Gasteiger partial charge in [0.1, 0.15) is 6.61 Å². The Kier molecular flexibility index (Phi) is 5.63. The van der Waals surface area contributed by atoms with Gasteiger partial charge in [0, 0.05) is 30.0 Å². The Labute approximate surface area is 164 Å². The van der Waals surface area contributed by atoms with Crippen molar-refractivity contribution in [3.8, 4) is 5.75 Å². The summed E-state index contributed by atoms with van der Waals surface area (Å²) in [5, 5.41) is 0. The third kappa shape index (κ3) is 4.30. The van der Waals surface area contributed by atoms with Crippen molar-refractivity contribution in [3.63, 3.8) is 0 Å². The first-order valence-electron chi connectivity index (χ1n) is 9.42. The highest BCUT2D eigenvalue weighted by atomic mass is 16.5. The van der Waals surface area contributed by atoms with Gasteiger partial charge in [-0.3, -0.25) is 14.6 Å². The lowest BCUT2D eigenvalue weighted by Crippen LogP contribution is -2.39. The fourth-order valence-corrected chi connectivity index (χ4v) is 3.28. The molecular formula is C21H26N4O3. The number of ether oxygens (including phenoxy) is 1. The molecule has 2 aromatic rings. The van der Waals surface area contributed by atoms with Crippen molar-refractivity contribution in [3.05, 3.63) is 53.6 Å².